The summed E-state index contributed by atoms with van der Waals surface area (Å²) in [5, 5.41) is 0. The summed E-state index contributed by atoms with van der Waals surface area (Å²) in [7, 11) is 0. The molecule has 3 aliphatic rings. The third kappa shape index (κ3) is 3.53. The van der Waals surface area contributed by atoms with Gasteiger partial charge in [-0.2, -0.15) is 0 Å². The van der Waals surface area contributed by atoms with Crippen LogP contribution < -0.4 is 4.90 Å². The summed E-state index contributed by atoms with van der Waals surface area (Å²) >= 11 is 0. The number of carbonyl (C=O) groups excluding carboxylic acids is 1. The molecule has 0 saturated carbocycles. The Bertz CT molecular complexity index is 861. The molecule has 29 heavy (non-hydrogen) atoms. The number of benzene rings is 2. The molecule has 2 fully saturated rings. The third-order valence-corrected chi connectivity index (χ3v) is 6.74. The first kappa shape index (κ1) is 18.6. The second-order valence-electron chi connectivity index (χ2n) is 8.39. The van der Waals surface area contributed by atoms with E-state index in [4.69, 9.17) is 4.74 Å². The number of hydrogen-bond acceptors (Lipinski definition) is 3. The van der Waals surface area contributed by atoms with Gasteiger partial charge in [-0.05, 0) is 49.1 Å². The first-order valence-electron chi connectivity index (χ1n) is 10.8. The predicted octanol–water partition coefficient (Wildman–Crippen LogP) is 3.84. The summed E-state index contributed by atoms with van der Waals surface area (Å²) in [6.45, 7) is 6.38. The molecule has 2 aromatic rings. The van der Waals surface area contributed by atoms with E-state index in [1.54, 1.807) is 0 Å². The molecule has 2 amide bonds. The van der Waals surface area contributed by atoms with E-state index in [2.05, 4.69) is 29.2 Å². The average molecular weight is 392 g/mol. The van der Waals surface area contributed by atoms with Gasteiger partial charge in [-0.1, -0.05) is 42.5 Å². The highest BCUT2D eigenvalue weighted by Crippen LogP contribution is 2.43. The summed E-state index contributed by atoms with van der Waals surface area (Å²) in [4.78, 5) is 19.1. The van der Waals surface area contributed by atoms with Crippen molar-refractivity contribution in [3.8, 4) is 0 Å². The summed E-state index contributed by atoms with van der Waals surface area (Å²) in [6.07, 6.45) is 3.15. The third-order valence-electron chi connectivity index (χ3n) is 6.74. The van der Waals surface area contributed by atoms with Crippen LogP contribution in [0.5, 0.6) is 0 Å². The first-order chi connectivity index (χ1) is 14.3. The van der Waals surface area contributed by atoms with Crippen LogP contribution in [0.15, 0.2) is 54.6 Å². The van der Waals surface area contributed by atoms with Crippen molar-refractivity contribution in [3.05, 3.63) is 65.7 Å². The lowest BCUT2D eigenvalue weighted by atomic mass is 9.84. The Morgan fingerprint density at radius 2 is 1.62 bits per heavy atom. The maximum Gasteiger partial charge on any atom is 0.324 e. The van der Waals surface area contributed by atoms with E-state index in [1.165, 1.54) is 11.1 Å². The predicted molar refractivity (Wildman–Crippen MR) is 114 cm³/mol. The molecule has 3 heterocycles. The molecule has 0 radical (unpaired) electrons. The van der Waals surface area contributed by atoms with E-state index in [9.17, 15) is 4.79 Å². The van der Waals surface area contributed by atoms with Crippen LogP contribution in [0.4, 0.5) is 10.5 Å². The van der Waals surface area contributed by atoms with Gasteiger partial charge in [-0.3, -0.25) is 4.90 Å². The highest BCUT2D eigenvalue weighted by Gasteiger charge is 2.42. The maximum absolute atomic E-state index is 12.7. The number of fused-ring (bicyclic) bond motifs is 2. The van der Waals surface area contributed by atoms with Crippen molar-refractivity contribution in [2.24, 2.45) is 0 Å². The Hall–Kier alpha value is -2.37. The smallest absolute Gasteiger partial charge is 0.324 e. The van der Waals surface area contributed by atoms with Crippen LogP contribution in [0.1, 0.15) is 30.4 Å². The van der Waals surface area contributed by atoms with Gasteiger partial charge in [-0.25, -0.2) is 4.79 Å². The Balaban J connectivity index is 1.10. The summed E-state index contributed by atoms with van der Waals surface area (Å²) in [5.41, 5.74) is 3.70. The molecule has 3 aliphatic heterocycles. The summed E-state index contributed by atoms with van der Waals surface area (Å²) in [5.74, 6) is 0. The molecule has 5 rings (SSSR count). The van der Waals surface area contributed by atoms with Crippen molar-refractivity contribution in [1.29, 1.82) is 0 Å². The number of likely N-dealkylation sites (tertiary alicyclic amines) is 1. The fourth-order valence-electron chi connectivity index (χ4n) is 5.06. The number of carbonyl (C=O) groups is 1. The topological polar surface area (TPSA) is 36.0 Å². The molecule has 0 atom stereocenters. The largest absolute Gasteiger partial charge is 0.365 e. The molecular weight excluding hydrogens is 362 g/mol. The van der Waals surface area contributed by atoms with Gasteiger partial charge in [0.1, 0.15) is 0 Å². The van der Waals surface area contributed by atoms with Gasteiger partial charge < -0.3 is 14.5 Å². The Labute approximate surface area is 172 Å². The van der Waals surface area contributed by atoms with Crippen molar-refractivity contribution in [2.75, 3.05) is 44.2 Å². The zero-order valence-electron chi connectivity index (χ0n) is 16.9. The van der Waals surface area contributed by atoms with Gasteiger partial charge in [0.15, 0.2) is 0 Å². The van der Waals surface area contributed by atoms with E-state index in [0.717, 1.165) is 70.8 Å². The molecule has 0 bridgehead atoms. The number of nitrogens with zero attached hydrogens (tertiary/aromatic N) is 3. The van der Waals surface area contributed by atoms with Crippen LogP contribution in [-0.2, 0) is 16.9 Å². The Morgan fingerprint density at radius 1 is 0.862 bits per heavy atom. The Kier molecular flexibility index (Phi) is 5.02. The summed E-state index contributed by atoms with van der Waals surface area (Å²) in [6, 6.07) is 18.8. The lowest BCUT2D eigenvalue weighted by Gasteiger charge is -2.39. The highest BCUT2D eigenvalue weighted by atomic mass is 16.5. The minimum atomic E-state index is -0.0613. The number of amides is 2. The molecule has 5 nitrogen and oxygen atoms in total. The maximum atomic E-state index is 12.7. The number of urea groups is 1. The number of rotatable bonds is 5. The fraction of sp³-hybridized carbons (Fsp3) is 0.458. The van der Waals surface area contributed by atoms with E-state index in [0.29, 0.717) is 0 Å². The van der Waals surface area contributed by atoms with Gasteiger partial charge in [-0.15, -0.1) is 0 Å². The Morgan fingerprint density at radius 3 is 2.45 bits per heavy atom. The van der Waals surface area contributed by atoms with Gasteiger partial charge >= 0.3 is 6.03 Å². The fourth-order valence-corrected chi connectivity index (χ4v) is 5.06. The molecule has 0 aliphatic carbocycles. The summed E-state index contributed by atoms with van der Waals surface area (Å²) < 4.78 is 6.27. The zero-order valence-corrected chi connectivity index (χ0v) is 16.9. The number of hydrogen-bond donors (Lipinski definition) is 0. The molecule has 0 aromatic heterocycles. The zero-order chi connectivity index (χ0) is 19.7. The lowest BCUT2D eigenvalue weighted by Crippen LogP contribution is -2.43. The van der Waals surface area contributed by atoms with Crippen LogP contribution in [0, 0.1) is 0 Å². The second-order valence-corrected chi connectivity index (χ2v) is 8.39. The van der Waals surface area contributed by atoms with Gasteiger partial charge in [0.2, 0.25) is 0 Å². The van der Waals surface area contributed by atoms with Crippen LogP contribution in [0.2, 0.25) is 0 Å². The molecule has 152 valence electrons. The van der Waals surface area contributed by atoms with Gasteiger partial charge in [0.05, 0.1) is 12.2 Å². The SMILES string of the molecule is O=C1N(CCCN2CCC3(CC2)OCc2ccccc23)CCN1c1ccccc1. The van der Waals surface area contributed by atoms with Crippen LogP contribution >= 0.6 is 0 Å². The standard InChI is InChI=1S/C24H29N3O2/c28-23-26(17-18-27(23)21-8-2-1-3-9-21)14-6-13-25-15-11-24(12-16-25)22-10-5-4-7-20(22)19-29-24/h1-5,7-10H,6,11-19H2. The highest BCUT2D eigenvalue weighted by molar-refractivity contribution is 5.94. The van der Waals surface area contributed by atoms with Crippen molar-refractivity contribution < 1.29 is 9.53 Å². The van der Waals surface area contributed by atoms with Crippen LogP contribution in [-0.4, -0.2) is 55.1 Å². The van der Waals surface area contributed by atoms with Crippen molar-refractivity contribution in [1.82, 2.24) is 9.80 Å². The molecule has 0 N–H and O–H groups in total. The van der Waals surface area contributed by atoms with E-state index in [-0.39, 0.29) is 11.6 Å². The number of para-hydroxylation sites is 1. The molecular formula is C24H29N3O2. The molecule has 1 spiro atoms. The van der Waals surface area contributed by atoms with Crippen molar-refractivity contribution in [3.63, 3.8) is 0 Å². The van der Waals surface area contributed by atoms with Crippen LogP contribution in [0.25, 0.3) is 0 Å². The van der Waals surface area contributed by atoms with Gasteiger partial charge in [0, 0.05) is 38.4 Å². The number of anilines is 1. The normalized spacial score (nSPS) is 21.2. The van der Waals surface area contributed by atoms with E-state index in [1.807, 2.05) is 40.1 Å². The quantitative estimate of drug-likeness (QED) is 0.777. The molecule has 5 heteroatoms. The minimum Gasteiger partial charge on any atom is -0.365 e. The monoisotopic (exact) mass is 391 g/mol. The molecule has 0 unspecified atom stereocenters. The number of ether oxygens (including phenoxy) is 1. The van der Waals surface area contributed by atoms with Crippen molar-refractivity contribution >= 4 is 11.7 Å². The first-order valence-corrected chi connectivity index (χ1v) is 10.8. The number of piperidine rings is 1. The minimum absolute atomic E-state index is 0.0613. The van der Waals surface area contributed by atoms with E-state index < -0.39 is 0 Å². The van der Waals surface area contributed by atoms with Crippen LogP contribution in [0.3, 0.4) is 0 Å². The average Bonchev–Trinajstić information content (AvgIpc) is 3.32. The lowest BCUT2D eigenvalue weighted by molar-refractivity contribution is -0.0788. The second kappa shape index (κ2) is 7.81. The van der Waals surface area contributed by atoms with Crippen molar-refractivity contribution in [2.45, 2.75) is 31.5 Å². The van der Waals surface area contributed by atoms with Gasteiger partial charge in [0.25, 0.3) is 0 Å². The molecule has 2 aromatic carbocycles. The van der Waals surface area contributed by atoms with E-state index >= 15 is 0 Å². The molecule has 2 saturated heterocycles.